The summed E-state index contributed by atoms with van der Waals surface area (Å²) >= 11 is 7.26. The van der Waals surface area contributed by atoms with E-state index >= 15 is 0 Å². The highest BCUT2D eigenvalue weighted by molar-refractivity contribution is 7.13. The van der Waals surface area contributed by atoms with Crippen molar-refractivity contribution in [3.63, 3.8) is 0 Å². The minimum absolute atomic E-state index is 0.119. The summed E-state index contributed by atoms with van der Waals surface area (Å²) in [4.78, 5) is 30.9. The number of piperidine rings is 1. The molecule has 2 N–H and O–H groups in total. The maximum Gasteiger partial charge on any atom is 0.251 e. The highest BCUT2D eigenvalue weighted by atomic mass is 35.5. The third-order valence-electron chi connectivity index (χ3n) is 4.13. The summed E-state index contributed by atoms with van der Waals surface area (Å²) in [6, 6.07) is 6.58. The molecular weight excluding hydrogens is 372 g/mol. The maximum atomic E-state index is 12.0. The number of nitrogens with one attached hydrogen (secondary N) is 2. The van der Waals surface area contributed by atoms with Gasteiger partial charge in [0.1, 0.15) is 0 Å². The summed E-state index contributed by atoms with van der Waals surface area (Å²) in [6.07, 6.45) is 3.77. The monoisotopic (exact) mass is 392 g/mol. The molecule has 0 saturated carbocycles. The van der Waals surface area contributed by atoms with Gasteiger partial charge in [0.25, 0.3) is 5.91 Å². The predicted molar refractivity (Wildman–Crippen MR) is 104 cm³/mol. The zero-order chi connectivity index (χ0) is 18.4. The predicted octanol–water partition coefficient (Wildman–Crippen LogP) is 3.15. The Hall–Kier alpha value is -1.96. The quantitative estimate of drug-likeness (QED) is 0.791. The summed E-state index contributed by atoms with van der Waals surface area (Å²) in [7, 11) is 0. The number of hydrogen-bond acceptors (Lipinski definition) is 5. The zero-order valence-electron chi connectivity index (χ0n) is 14.3. The molecule has 1 aromatic carbocycles. The molecule has 0 radical (unpaired) electrons. The van der Waals surface area contributed by atoms with Crippen LogP contribution >= 0.6 is 22.9 Å². The number of nitrogens with zero attached hydrogens (tertiary/aromatic N) is 2. The van der Waals surface area contributed by atoms with Crippen molar-refractivity contribution in [2.75, 3.05) is 25.0 Å². The number of hydrogen-bond donors (Lipinski definition) is 2. The van der Waals surface area contributed by atoms with E-state index in [-0.39, 0.29) is 18.4 Å². The second-order valence-corrected chi connectivity index (χ2v) is 7.52. The fourth-order valence-corrected chi connectivity index (χ4v) is 3.75. The second kappa shape index (κ2) is 9.12. The van der Waals surface area contributed by atoms with Gasteiger partial charge in [-0.05, 0) is 44.1 Å². The molecule has 0 unspecified atom stereocenters. The Kier molecular flexibility index (Phi) is 6.60. The van der Waals surface area contributed by atoms with Gasteiger partial charge in [-0.25, -0.2) is 4.98 Å². The van der Waals surface area contributed by atoms with Crippen molar-refractivity contribution in [2.24, 2.45) is 0 Å². The number of halogens is 1. The summed E-state index contributed by atoms with van der Waals surface area (Å²) in [5, 5.41) is 8.30. The molecule has 0 bridgehead atoms. The first kappa shape index (κ1) is 18.8. The lowest BCUT2D eigenvalue weighted by Gasteiger charge is -2.25. The molecule has 1 fully saturated rings. The molecule has 0 spiro atoms. The molecule has 1 aliphatic rings. The Morgan fingerprint density at radius 2 is 2.04 bits per heavy atom. The fourth-order valence-electron chi connectivity index (χ4n) is 2.84. The van der Waals surface area contributed by atoms with Gasteiger partial charge in [0, 0.05) is 22.5 Å². The third kappa shape index (κ3) is 5.52. The van der Waals surface area contributed by atoms with E-state index < -0.39 is 0 Å². The van der Waals surface area contributed by atoms with Crippen LogP contribution in [0.3, 0.4) is 0 Å². The van der Waals surface area contributed by atoms with Gasteiger partial charge < -0.3 is 10.6 Å². The third-order valence-corrected chi connectivity index (χ3v) is 5.17. The molecule has 6 nitrogen and oxygen atoms in total. The molecule has 1 aromatic heterocycles. The summed E-state index contributed by atoms with van der Waals surface area (Å²) in [5.74, 6) is -0.646. The van der Waals surface area contributed by atoms with Crippen molar-refractivity contribution in [1.29, 1.82) is 0 Å². The Morgan fingerprint density at radius 3 is 2.81 bits per heavy atom. The van der Waals surface area contributed by atoms with Crippen LogP contribution in [0.25, 0.3) is 0 Å². The number of carbonyl (C=O) groups is 2. The molecule has 2 amide bonds. The van der Waals surface area contributed by atoms with E-state index in [9.17, 15) is 9.59 Å². The van der Waals surface area contributed by atoms with Gasteiger partial charge >= 0.3 is 0 Å². The lowest BCUT2D eigenvalue weighted by molar-refractivity contribution is -0.115. The normalized spacial score (nSPS) is 14.8. The smallest absolute Gasteiger partial charge is 0.251 e. The maximum absolute atomic E-state index is 12.0. The van der Waals surface area contributed by atoms with Crippen LogP contribution in [0.2, 0.25) is 5.02 Å². The van der Waals surface area contributed by atoms with E-state index in [0.717, 1.165) is 25.3 Å². The molecule has 0 aliphatic carbocycles. The van der Waals surface area contributed by atoms with Gasteiger partial charge in [0.15, 0.2) is 5.13 Å². The van der Waals surface area contributed by atoms with Crippen LogP contribution in [0, 0.1) is 0 Å². The van der Waals surface area contributed by atoms with Gasteiger partial charge in [-0.2, -0.15) is 0 Å². The number of rotatable bonds is 6. The van der Waals surface area contributed by atoms with Crippen molar-refractivity contribution in [3.05, 3.63) is 45.9 Å². The van der Waals surface area contributed by atoms with Gasteiger partial charge in [-0.15, -0.1) is 11.3 Å². The standard InChI is InChI=1S/C18H21ClN4O2S/c19-14-6-4-5-13(9-14)17(25)20-10-16(24)22-18-21-15(12-26-18)11-23-7-2-1-3-8-23/h4-6,9,12H,1-3,7-8,10-11H2,(H,20,25)(H,21,22,24). The lowest BCUT2D eigenvalue weighted by atomic mass is 10.1. The Bertz CT molecular complexity index is 774. The van der Waals surface area contributed by atoms with Crippen LogP contribution in [0.1, 0.15) is 35.3 Å². The van der Waals surface area contributed by atoms with Crippen molar-refractivity contribution in [3.8, 4) is 0 Å². The second-order valence-electron chi connectivity index (χ2n) is 6.22. The first-order valence-electron chi connectivity index (χ1n) is 8.60. The van der Waals surface area contributed by atoms with Gasteiger partial charge in [-0.1, -0.05) is 24.1 Å². The molecule has 1 aliphatic heterocycles. The first-order valence-corrected chi connectivity index (χ1v) is 9.86. The number of thiazole rings is 1. The van der Waals surface area contributed by atoms with Crippen molar-refractivity contribution in [2.45, 2.75) is 25.8 Å². The lowest BCUT2D eigenvalue weighted by Crippen LogP contribution is -2.32. The molecule has 2 aromatic rings. The molecular formula is C18H21ClN4O2S. The van der Waals surface area contributed by atoms with Crippen LogP contribution in [0.15, 0.2) is 29.6 Å². The first-order chi connectivity index (χ1) is 12.6. The number of likely N-dealkylation sites (tertiary alicyclic amines) is 1. The Balaban J connectivity index is 1.45. The number of aromatic nitrogens is 1. The Labute approximate surface area is 161 Å². The van der Waals surface area contributed by atoms with Crippen molar-refractivity contribution >= 4 is 39.9 Å². The number of carbonyl (C=O) groups excluding carboxylic acids is 2. The number of benzene rings is 1. The average Bonchev–Trinajstić information content (AvgIpc) is 3.07. The molecule has 8 heteroatoms. The van der Waals surface area contributed by atoms with Crippen LogP contribution in [-0.2, 0) is 11.3 Å². The zero-order valence-corrected chi connectivity index (χ0v) is 15.9. The van der Waals surface area contributed by atoms with Gasteiger partial charge in [0.05, 0.1) is 12.2 Å². The summed E-state index contributed by atoms with van der Waals surface area (Å²) < 4.78 is 0. The SMILES string of the molecule is O=C(CNC(=O)c1cccc(Cl)c1)Nc1nc(CN2CCCCC2)cs1. The summed E-state index contributed by atoms with van der Waals surface area (Å²) in [6.45, 7) is 2.91. The van der Waals surface area contributed by atoms with E-state index in [1.807, 2.05) is 5.38 Å². The van der Waals surface area contributed by atoms with Crippen LogP contribution < -0.4 is 10.6 Å². The van der Waals surface area contributed by atoms with E-state index in [0.29, 0.717) is 15.7 Å². The largest absolute Gasteiger partial charge is 0.343 e. The molecule has 26 heavy (non-hydrogen) atoms. The summed E-state index contributed by atoms with van der Waals surface area (Å²) in [5.41, 5.74) is 1.39. The molecule has 138 valence electrons. The highest BCUT2D eigenvalue weighted by Gasteiger charge is 2.14. The van der Waals surface area contributed by atoms with E-state index in [1.54, 1.807) is 24.3 Å². The van der Waals surface area contributed by atoms with Crippen LogP contribution in [0.5, 0.6) is 0 Å². The fraction of sp³-hybridized carbons (Fsp3) is 0.389. The van der Waals surface area contributed by atoms with E-state index in [1.165, 1.54) is 30.6 Å². The van der Waals surface area contributed by atoms with Gasteiger partial charge in [-0.3, -0.25) is 14.5 Å². The van der Waals surface area contributed by atoms with Crippen LogP contribution in [-0.4, -0.2) is 41.3 Å². The number of amides is 2. The van der Waals surface area contributed by atoms with Gasteiger partial charge in [0.2, 0.25) is 5.91 Å². The van der Waals surface area contributed by atoms with Crippen LogP contribution in [0.4, 0.5) is 5.13 Å². The minimum atomic E-state index is -0.340. The van der Waals surface area contributed by atoms with E-state index in [2.05, 4.69) is 20.5 Å². The average molecular weight is 393 g/mol. The molecule has 1 saturated heterocycles. The van der Waals surface area contributed by atoms with Crippen molar-refractivity contribution < 1.29 is 9.59 Å². The highest BCUT2D eigenvalue weighted by Crippen LogP contribution is 2.18. The van der Waals surface area contributed by atoms with Crippen molar-refractivity contribution in [1.82, 2.24) is 15.2 Å². The topological polar surface area (TPSA) is 74.3 Å². The minimum Gasteiger partial charge on any atom is -0.343 e. The Morgan fingerprint density at radius 1 is 1.23 bits per heavy atom. The molecule has 3 rings (SSSR count). The number of anilines is 1. The molecule has 2 heterocycles. The molecule has 0 atom stereocenters. The van der Waals surface area contributed by atoms with E-state index in [4.69, 9.17) is 11.6 Å².